The van der Waals surface area contributed by atoms with E-state index in [-0.39, 0.29) is 24.1 Å². The van der Waals surface area contributed by atoms with E-state index in [1.54, 1.807) is 13.8 Å². The fourth-order valence-corrected chi connectivity index (χ4v) is 1.70. The number of nitrogens with two attached hydrogens (primary N) is 1. The molecule has 0 saturated carbocycles. The average molecular weight is 305 g/mol. The van der Waals surface area contributed by atoms with Crippen molar-refractivity contribution in [2.75, 3.05) is 30.0 Å². The SMILES string of the molecule is CCNC(=O)CN(CC)c1cc(C(F)(F)F)cc(NN)n1. The first-order chi connectivity index (χ1) is 9.81. The first kappa shape index (κ1) is 17.0. The standard InChI is InChI=1S/C12H18F3N5O/c1-3-17-11(21)7-20(4-2)10-6-8(12(13,14)15)5-9(18-10)19-16/h5-6H,3-4,7,16H2,1-2H3,(H,17,21)(H,18,19). The summed E-state index contributed by atoms with van der Waals surface area (Å²) in [4.78, 5) is 17.0. The number of nitrogens with one attached hydrogen (secondary N) is 2. The topological polar surface area (TPSA) is 83.3 Å². The molecule has 1 aromatic heterocycles. The van der Waals surface area contributed by atoms with Gasteiger partial charge in [0.15, 0.2) is 0 Å². The Morgan fingerprint density at radius 3 is 2.52 bits per heavy atom. The maximum Gasteiger partial charge on any atom is 0.416 e. The Balaban J connectivity index is 3.11. The van der Waals surface area contributed by atoms with E-state index in [4.69, 9.17) is 5.84 Å². The van der Waals surface area contributed by atoms with Crippen LogP contribution < -0.4 is 21.5 Å². The van der Waals surface area contributed by atoms with Gasteiger partial charge in [0.05, 0.1) is 12.1 Å². The van der Waals surface area contributed by atoms with Crippen molar-refractivity contribution in [2.24, 2.45) is 5.84 Å². The van der Waals surface area contributed by atoms with E-state index < -0.39 is 11.7 Å². The van der Waals surface area contributed by atoms with Crippen molar-refractivity contribution >= 4 is 17.5 Å². The van der Waals surface area contributed by atoms with E-state index >= 15 is 0 Å². The second-order valence-corrected chi connectivity index (χ2v) is 4.21. The van der Waals surface area contributed by atoms with Crippen LogP contribution in [0.25, 0.3) is 0 Å². The number of anilines is 2. The highest BCUT2D eigenvalue weighted by Gasteiger charge is 2.32. The molecule has 1 amide bonds. The maximum absolute atomic E-state index is 12.8. The zero-order valence-electron chi connectivity index (χ0n) is 11.8. The quantitative estimate of drug-likeness (QED) is 0.546. The molecule has 6 nitrogen and oxygen atoms in total. The Morgan fingerprint density at radius 1 is 1.38 bits per heavy atom. The number of aromatic nitrogens is 1. The average Bonchev–Trinajstić information content (AvgIpc) is 2.43. The molecule has 1 aromatic rings. The second-order valence-electron chi connectivity index (χ2n) is 4.21. The fourth-order valence-electron chi connectivity index (χ4n) is 1.70. The van der Waals surface area contributed by atoms with Crippen molar-refractivity contribution in [2.45, 2.75) is 20.0 Å². The van der Waals surface area contributed by atoms with Crippen LogP contribution >= 0.6 is 0 Å². The Morgan fingerprint density at radius 2 is 2.05 bits per heavy atom. The lowest BCUT2D eigenvalue weighted by Crippen LogP contribution is -2.37. The first-order valence-corrected chi connectivity index (χ1v) is 6.39. The number of likely N-dealkylation sites (N-methyl/N-ethyl adjacent to an activating group) is 2. The lowest BCUT2D eigenvalue weighted by molar-refractivity contribution is -0.137. The summed E-state index contributed by atoms with van der Waals surface area (Å²) in [5.74, 6) is 4.77. The van der Waals surface area contributed by atoms with E-state index in [0.717, 1.165) is 12.1 Å². The summed E-state index contributed by atoms with van der Waals surface area (Å²) in [6, 6.07) is 1.70. The minimum absolute atomic E-state index is 0.0338. The summed E-state index contributed by atoms with van der Waals surface area (Å²) < 4.78 is 38.5. The van der Waals surface area contributed by atoms with Gasteiger partial charge in [0.1, 0.15) is 11.6 Å². The number of carbonyl (C=O) groups is 1. The number of amides is 1. The van der Waals surface area contributed by atoms with Gasteiger partial charge in [-0.3, -0.25) is 4.79 Å². The molecule has 0 aliphatic carbocycles. The predicted molar refractivity (Wildman–Crippen MR) is 73.6 cm³/mol. The lowest BCUT2D eigenvalue weighted by Gasteiger charge is -2.23. The van der Waals surface area contributed by atoms with E-state index in [9.17, 15) is 18.0 Å². The molecule has 9 heteroatoms. The largest absolute Gasteiger partial charge is 0.416 e. The minimum Gasteiger partial charge on any atom is -0.355 e. The summed E-state index contributed by atoms with van der Waals surface area (Å²) in [5, 5.41) is 2.58. The molecule has 0 aromatic carbocycles. The van der Waals surface area contributed by atoms with Crippen molar-refractivity contribution < 1.29 is 18.0 Å². The van der Waals surface area contributed by atoms with Crippen molar-refractivity contribution in [3.05, 3.63) is 17.7 Å². The molecule has 0 radical (unpaired) electrons. The van der Waals surface area contributed by atoms with Gasteiger partial charge in [0, 0.05) is 13.1 Å². The summed E-state index contributed by atoms with van der Waals surface area (Å²) in [6.45, 7) is 4.17. The third-order valence-corrected chi connectivity index (χ3v) is 2.70. The van der Waals surface area contributed by atoms with Gasteiger partial charge >= 0.3 is 6.18 Å². The molecule has 21 heavy (non-hydrogen) atoms. The second kappa shape index (κ2) is 7.11. The molecule has 0 bridgehead atoms. The highest BCUT2D eigenvalue weighted by molar-refractivity contribution is 5.81. The number of halogens is 3. The van der Waals surface area contributed by atoms with Gasteiger partial charge < -0.3 is 15.6 Å². The molecule has 0 saturated heterocycles. The smallest absolute Gasteiger partial charge is 0.355 e. The Kier molecular flexibility index (Phi) is 5.77. The number of pyridine rings is 1. The van der Waals surface area contributed by atoms with Crippen LogP contribution in [0.5, 0.6) is 0 Å². The molecule has 0 aliphatic heterocycles. The molecule has 0 unspecified atom stereocenters. The zero-order valence-corrected chi connectivity index (χ0v) is 11.8. The number of carbonyl (C=O) groups excluding carboxylic acids is 1. The zero-order chi connectivity index (χ0) is 16.0. The maximum atomic E-state index is 12.8. The molecule has 4 N–H and O–H groups in total. The molecule has 0 spiro atoms. The number of hydrogen-bond donors (Lipinski definition) is 3. The molecule has 0 fully saturated rings. The number of hydrazine groups is 1. The van der Waals surface area contributed by atoms with Crippen LogP contribution in [0.1, 0.15) is 19.4 Å². The molecule has 1 heterocycles. The highest BCUT2D eigenvalue weighted by Crippen LogP contribution is 2.32. The van der Waals surface area contributed by atoms with E-state index in [2.05, 4.69) is 15.7 Å². The molecule has 0 aliphatic rings. The van der Waals surface area contributed by atoms with Crippen LogP contribution in [-0.2, 0) is 11.0 Å². The predicted octanol–water partition coefficient (Wildman–Crippen LogP) is 1.35. The van der Waals surface area contributed by atoms with Gasteiger partial charge in [-0.1, -0.05) is 0 Å². The van der Waals surface area contributed by atoms with Gasteiger partial charge in [-0.05, 0) is 26.0 Å². The number of nitrogen functional groups attached to an aromatic ring is 1. The number of rotatable bonds is 6. The minimum atomic E-state index is -4.52. The number of hydrogen-bond acceptors (Lipinski definition) is 5. The highest BCUT2D eigenvalue weighted by atomic mass is 19.4. The van der Waals surface area contributed by atoms with Crippen molar-refractivity contribution in [3.8, 4) is 0 Å². The lowest BCUT2D eigenvalue weighted by atomic mass is 10.2. The van der Waals surface area contributed by atoms with Crippen LogP contribution in [0.15, 0.2) is 12.1 Å². The van der Waals surface area contributed by atoms with E-state index in [1.165, 1.54) is 4.90 Å². The molecular weight excluding hydrogens is 287 g/mol. The monoisotopic (exact) mass is 305 g/mol. The first-order valence-electron chi connectivity index (χ1n) is 6.39. The molecule has 118 valence electrons. The van der Waals surface area contributed by atoms with Crippen LogP contribution in [0.4, 0.5) is 24.8 Å². The summed E-state index contributed by atoms with van der Waals surface area (Å²) in [5.41, 5.74) is 1.22. The van der Waals surface area contributed by atoms with Gasteiger partial charge in [0.2, 0.25) is 5.91 Å². The van der Waals surface area contributed by atoms with Gasteiger partial charge in [-0.2, -0.15) is 13.2 Å². The number of nitrogens with zero attached hydrogens (tertiary/aromatic N) is 2. The van der Waals surface area contributed by atoms with E-state index in [0.29, 0.717) is 13.1 Å². The third kappa shape index (κ3) is 4.78. The van der Waals surface area contributed by atoms with Crippen molar-refractivity contribution in [3.63, 3.8) is 0 Å². The Bertz CT molecular complexity index is 492. The normalized spacial score (nSPS) is 11.1. The molecular formula is C12H18F3N5O. The van der Waals surface area contributed by atoms with Gasteiger partial charge in [-0.25, -0.2) is 10.8 Å². The summed E-state index contributed by atoms with van der Waals surface area (Å²) in [7, 11) is 0. The summed E-state index contributed by atoms with van der Waals surface area (Å²) >= 11 is 0. The van der Waals surface area contributed by atoms with Gasteiger partial charge in [0.25, 0.3) is 0 Å². The molecule has 1 rings (SSSR count). The van der Waals surface area contributed by atoms with E-state index in [1.807, 2.05) is 0 Å². The van der Waals surface area contributed by atoms with Crippen LogP contribution in [0, 0.1) is 0 Å². The van der Waals surface area contributed by atoms with Crippen molar-refractivity contribution in [1.29, 1.82) is 0 Å². The third-order valence-electron chi connectivity index (χ3n) is 2.70. The Labute approximate surface area is 120 Å². The summed E-state index contributed by atoms with van der Waals surface area (Å²) in [6.07, 6.45) is -4.52. The Hall–Kier alpha value is -2.03. The van der Waals surface area contributed by atoms with Gasteiger partial charge in [-0.15, -0.1) is 0 Å². The fraction of sp³-hybridized carbons (Fsp3) is 0.500. The number of alkyl halides is 3. The van der Waals surface area contributed by atoms with Crippen LogP contribution in [0.2, 0.25) is 0 Å². The van der Waals surface area contributed by atoms with Crippen molar-refractivity contribution in [1.82, 2.24) is 10.3 Å². The molecule has 0 atom stereocenters. The van der Waals surface area contributed by atoms with Crippen LogP contribution in [-0.4, -0.2) is 30.5 Å². The van der Waals surface area contributed by atoms with Crippen LogP contribution in [0.3, 0.4) is 0 Å².